The van der Waals surface area contributed by atoms with Crippen LogP contribution in [0.25, 0.3) is 11.1 Å². The van der Waals surface area contributed by atoms with Crippen molar-refractivity contribution in [2.45, 2.75) is 26.4 Å². The van der Waals surface area contributed by atoms with Gasteiger partial charge in [0.15, 0.2) is 0 Å². The Bertz CT molecular complexity index is 1350. The first kappa shape index (κ1) is 26.5. The number of carboxylic acid groups (broad SMARTS) is 1. The van der Waals surface area contributed by atoms with Crippen molar-refractivity contribution >= 4 is 11.9 Å². The molecular weight excluding hydrogens is 480 g/mol. The number of esters is 1. The Kier molecular flexibility index (Phi) is 9.13. The molecule has 4 rings (SSSR count). The van der Waals surface area contributed by atoms with E-state index in [0.717, 1.165) is 23.3 Å². The molecule has 0 amide bonds. The minimum atomic E-state index is -1.16. The summed E-state index contributed by atoms with van der Waals surface area (Å²) in [5.41, 5.74) is 4.71. The Labute approximate surface area is 222 Å². The third-order valence-corrected chi connectivity index (χ3v) is 5.98. The summed E-state index contributed by atoms with van der Waals surface area (Å²) in [6.45, 7) is 2.75. The van der Waals surface area contributed by atoms with E-state index in [4.69, 9.17) is 14.2 Å². The molecule has 0 heterocycles. The summed E-state index contributed by atoms with van der Waals surface area (Å²) in [7, 11) is 0. The summed E-state index contributed by atoms with van der Waals surface area (Å²) in [5, 5.41) is 9.49. The second-order valence-electron chi connectivity index (χ2n) is 8.68. The van der Waals surface area contributed by atoms with Gasteiger partial charge in [-0.1, -0.05) is 66.7 Å². The number of carbonyl (C=O) groups excluding carboxylic acids is 1. The van der Waals surface area contributed by atoms with Crippen LogP contribution in [0.4, 0.5) is 0 Å². The van der Waals surface area contributed by atoms with Gasteiger partial charge < -0.3 is 19.3 Å². The van der Waals surface area contributed by atoms with Crippen LogP contribution in [0.2, 0.25) is 0 Å². The van der Waals surface area contributed by atoms with Crippen molar-refractivity contribution in [3.63, 3.8) is 0 Å². The van der Waals surface area contributed by atoms with Crippen molar-refractivity contribution in [3.8, 4) is 22.6 Å². The molecule has 0 radical (unpaired) electrons. The van der Waals surface area contributed by atoms with E-state index < -0.39 is 11.9 Å². The number of hydrogen-bond acceptors (Lipinski definition) is 5. The molecule has 0 atom stereocenters. The Balaban J connectivity index is 1.23. The largest absolute Gasteiger partial charge is 0.493 e. The maximum absolute atomic E-state index is 11.9. The topological polar surface area (TPSA) is 82.1 Å². The average molecular weight is 511 g/mol. The highest BCUT2D eigenvalue weighted by Crippen LogP contribution is 2.23. The van der Waals surface area contributed by atoms with Gasteiger partial charge in [0.2, 0.25) is 0 Å². The van der Waals surface area contributed by atoms with Crippen LogP contribution in [0.5, 0.6) is 11.5 Å². The lowest BCUT2D eigenvalue weighted by Gasteiger charge is -2.11. The van der Waals surface area contributed by atoms with Gasteiger partial charge in [-0.25, -0.2) is 9.59 Å². The number of aryl methyl sites for hydroxylation is 1. The van der Waals surface area contributed by atoms with E-state index in [1.807, 2.05) is 42.5 Å². The lowest BCUT2D eigenvalue weighted by Crippen LogP contribution is -2.09. The highest BCUT2D eigenvalue weighted by molar-refractivity contribution is 5.96. The Hall–Kier alpha value is -4.58. The molecule has 0 aliphatic carbocycles. The molecule has 1 N–H and O–H groups in total. The fourth-order valence-corrected chi connectivity index (χ4v) is 3.97. The zero-order valence-electron chi connectivity index (χ0n) is 21.3. The maximum Gasteiger partial charge on any atom is 0.339 e. The fraction of sp³-hybridized carbons (Fsp3) is 0.188. The number of carbonyl (C=O) groups is 2. The number of benzene rings is 4. The molecule has 38 heavy (non-hydrogen) atoms. The van der Waals surface area contributed by atoms with Crippen LogP contribution in [-0.2, 0) is 17.8 Å². The molecule has 0 unspecified atom stereocenters. The van der Waals surface area contributed by atoms with Crippen LogP contribution >= 0.6 is 0 Å². The van der Waals surface area contributed by atoms with Crippen molar-refractivity contribution < 1.29 is 28.9 Å². The van der Waals surface area contributed by atoms with Crippen LogP contribution in [0.3, 0.4) is 0 Å². The maximum atomic E-state index is 11.9. The third-order valence-electron chi connectivity index (χ3n) is 5.98. The summed E-state index contributed by atoms with van der Waals surface area (Å²) < 4.78 is 16.6. The summed E-state index contributed by atoms with van der Waals surface area (Å²) in [5.74, 6) is -0.695. The molecule has 0 aliphatic rings. The fourth-order valence-electron chi connectivity index (χ4n) is 3.97. The second kappa shape index (κ2) is 13.1. The molecule has 4 aromatic rings. The van der Waals surface area contributed by atoms with E-state index in [1.165, 1.54) is 29.3 Å². The van der Waals surface area contributed by atoms with Gasteiger partial charge >= 0.3 is 11.9 Å². The van der Waals surface area contributed by atoms with Crippen LogP contribution in [0, 0.1) is 0 Å². The SMILES string of the molecule is CCOC(=O)c1ccc(OCCCc2ccc(OCc3ccc(-c4ccccc4)cc3)cc2)c(C(=O)O)c1. The van der Waals surface area contributed by atoms with Crippen LogP contribution in [0.15, 0.2) is 97.1 Å². The van der Waals surface area contributed by atoms with E-state index in [-0.39, 0.29) is 23.5 Å². The van der Waals surface area contributed by atoms with Crippen molar-refractivity contribution in [2.75, 3.05) is 13.2 Å². The first-order chi connectivity index (χ1) is 18.5. The standard InChI is InChI=1S/C32H30O6/c1-2-36-32(35)27-16-19-30(29(21-27)31(33)34)37-20-6-7-23-12-17-28(18-13-23)38-22-24-10-14-26(15-11-24)25-8-4-3-5-9-25/h3-5,8-19,21H,2,6-7,20,22H2,1H3,(H,33,34). The number of rotatable bonds is 12. The molecule has 0 bridgehead atoms. The van der Waals surface area contributed by atoms with Crippen molar-refractivity contribution in [1.29, 1.82) is 0 Å². The lowest BCUT2D eigenvalue weighted by molar-refractivity contribution is 0.0526. The predicted molar refractivity (Wildman–Crippen MR) is 146 cm³/mol. The van der Waals surface area contributed by atoms with Crippen LogP contribution < -0.4 is 9.47 Å². The number of ether oxygens (including phenoxy) is 3. The first-order valence-electron chi connectivity index (χ1n) is 12.6. The van der Waals surface area contributed by atoms with Gasteiger partial charge in [-0.2, -0.15) is 0 Å². The molecule has 0 saturated heterocycles. The minimum Gasteiger partial charge on any atom is -0.493 e. The molecule has 0 saturated carbocycles. The highest BCUT2D eigenvalue weighted by Gasteiger charge is 2.16. The van der Waals surface area contributed by atoms with E-state index in [2.05, 4.69) is 36.4 Å². The monoisotopic (exact) mass is 510 g/mol. The van der Waals surface area contributed by atoms with Crippen LogP contribution in [-0.4, -0.2) is 30.3 Å². The van der Waals surface area contributed by atoms with Gasteiger partial charge in [-0.15, -0.1) is 0 Å². The number of carboxylic acids is 1. The Morgan fingerprint density at radius 2 is 1.45 bits per heavy atom. The van der Waals surface area contributed by atoms with Gasteiger partial charge in [0.1, 0.15) is 23.7 Å². The minimum absolute atomic E-state index is 0.0632. The van der Waals surface area contributed by atoms with Crippen molar-refractivity contribution in [1.82, 2.24) is 0 Å². The van der Waals surface area contributed by atoms with E-state index >= 15 is 0 Å². The third kappa shape index (κ3) is 7.23. The first-order valence-corrected chi connectivity index (χ1v) is 12.6. The van der Waals surface area contributed by atoms with E-state index in [9.17, 15) is 14.7 Å². The molecule has 0 aliphatic heterocycles. The summed E-state index contributed by atoms with van der Waals surface area (Å²) in [4.78, 5) is 23.5. The molecule has 0 aromatic heterocycles. The van der Waals surface area contributed by atoms with Crippen LogP contribution in [0.1, 0.15) is 45.2 Å². The van der Waals surface area contributed by atoms with Gasteiger partial charge in [0.25, 0.3) is 0 Å². The number of hydrogen-bond donors (Lipinski definition) is 1. The highest BCUT2D eigenvalue weighted by atomic mass is 16.5. The molecule has 4 aromatic carbocycles. The smallest absolute Gasteiger partial charge is 0.339 e. The molecular formula is C32H30O6. The van der Waals surface area contributed by atoms with Gasteiger partial charge in [0, 0.05) is 0 Å². The summed E-state index contributed by atoms with van der Waals surface area (Å²) in [6.07, 6.45) is 1.47. The van der Waals surface area contributed by atoms with Gasteiger partial charge in [-0.3, -0.25) is 0 Å². The summed E-state index contributed by atoms with van der Waals surface area (Å²) in [6, 6.07) is 30.9. The quantitative estimate of drug-likeness (QED) is 0.166. The molecule has 0 fully saturated rings. The second-order valence-corrected chi connectivity index (χ2v) is 8.68. The Morgan fingerprint density at radius 3 is 2.13 bits per heavy atom. The van der Waals surface area contributed by atoms with Crippen molar-refractivity contribution in [3.05, 3.63) is 119 Å². The number of aromatic carboxylic acids is 1. The molecule has 0 spiro atoms. The van der Waals surface area contributed by atoms with Crippen molar-refractivity contribution in [2.24, 2.45) is 0 Å². The Morgan fingerprint density at radius 1 is 0.763 bits per heavy atom. The predicted octanol–water partition coefficient (Wildman–Crippen LogP) is 6.82. The van der Waals surface area contributed by atoms with Gasteiger partial charge in [-0.05, 0) is 72.4 Å². The van der Waals surface area contributed by atoms with Gasteiger partial charge in [0.05, 0.1) is 18.8 Å². The molecule has 194 valence electrons. The van der Waals surface area contributed by atoms with E-state index in [1.54, 1.807) is 6.92 Å². The zero-order chi connectivity index (χ0) is 26.7. The molecule has 6 heteroatoms. The zero-order valence-corrected chi connectivity index (χ0v) is 21.3. The lowest BCUT2D eigenvalue weighted by atomic mass is 10.0. The average Bonchev–Trinajstić information content (AvgIpc) is 2.95. The summed E-state index contributed by atoms with van der Waals surface area (Å²) >= 11 is 0. The van der Waals surface area contributed by atoms with E-state index in [0.29, 0.717) is 19.6 Å². The normalized spacial score (nSPS) is 10.6. The molecule has 6 nitrogen and oxygen atoms in total.